The van der Waals surface area contributed by atoms with Crippen molar-refractivity contribution in [3.8, 4) is 11.1 Å². The molecular weight excluding hydrogens is 436 g/mol. The van der Waals surface area contributed by atoms with Crippen molar-refractivity contribution in [2.75, 3.05) is 6.26 Å². The maximum atomic E-state index is 14.8. The van der Waals surface area contributed by atoms with Crippen LogP contribution in [-0.2, 0) is 9.84 Å². The fourth-order valence-corrected chi connectivity index (χ4v) is 3.92. The summed E-state index contributed by atoms with van der Waals surface area (Å²) < 4.78 is 38.2. The molecule has 0 bridgehead atoms. The van der Waals surface area contributed by atoms with Crippen LogP contribution in [0.15, 0.2) is 65.6 Å². The fourth-order valence-electron chi connectivity index (χ4n) is 2.95. The van der Waals surface area contributed by atoms with E-state index in [9.17, 15) is 17.9 Å². The van der Waals surface area contributed by atoms with Crippen LogP contribution in [0, 0.1) is 5.82 Å². The zero-order chi connectivity index (χ0) is 21.3. The molecule has 3 N–H and O–H groups in total. The van der Waals surface area contributed by atoms with Crippen molar-refractivity contribution >= 4 is 33.0 Å². The number of aliphatic hydroxyl groups excluding tert-OH is 1. The minimum absolute atomic E-state index is 0.0200. The summed E-state index contributed by atoms with van der Waals surface area (Å²) in [6.45, 7) is 0. The Morgan fingerprint density at radius 3 is 2.28 bits per heavy atom. The van der Waals surface area contributed by atoms with E-state index in [2.05, 4.69) is 0 Å². The lowest BCUT2D eigenvalue weighted by Gasteiger charge is -2.21. The third-order valence-corrected chi connectivity index (χ3v) is 6.43. The van der Waals surface area contributed by atoms with Gasteiger partial charge in [-0.1, -0.05) is 53.5 Å². The summed E-state index contributed by atoms with van der Waals surface area (Å²) in [5.74, 6) is -0.657. The van der Waals surface area contributed by atoms with Crippen molar-refractivity contribution in [1.29, 1.82) is 0 Å². The number of hydrogen-bond acceptors (Lipinski definition) is 4. The zero-order valence-electron chi connectivity index (χ0n) is 15.3. The van der Waals surface area contributed by atoms with Crippen LogP contribution in [0.5, 0.6) is 0 Å². The van der Waals surface area contributed by atoms with E-state index < -0.39 is 27.8 Å². The first-order valence-corrected chi connectivity index (χ1v) is 11.2. The van der Waals surface area contributed by atoms with Gasteiger partial charge in [-0.2, -0.15) is 0 Å². The first-order valence-electron chi connectivity index (χ1n) is 8.56. The SMILES string of the molecule is CS(=O)(=O)c1cccc(-c2ccc([C@H](O)[C@H](N)c3ccc(Cl)c(Cl)c3)c(F)c2)c1. The van der Waals surface area contributed by atoms with E-state index in [-0.39, 0.29) is 15.5 Å². The van der Waals surface area contributed by atoms with Crippen LogP contribution in [-0.4, -0.2) is 19.8 Å². The van der Waals surface area contributed by atoms with E-state index in [0.29, 0.717) is 21.7 Å². The summed E-state index contributed by atoms with van der Waals surface area (Å²) in [6, 6.07) is 14.3. The van der Waals surface area contributed by atoms with E-state index in [4.69, 9.17) is 28.9 Å². The highest BCUT2D eigenvalue weighted by Gasteiger charge is 2.23. The Morgan fingerprint density at radius 2 is 1.66 bits per heavy atom. The number of nitrogens with two attached hydrogens (primary N) is 1. The van der Waals surface area contributed by atoms with Gasteiger partial charge in [0, 0.05) is 11.8 Å². The summed E-state index contributed by atoms with van der Waals surface area (Å²) in [4.78, 5) is 0.140. The molecule has 0 heterocycles. The van der Waals surface area contributed by atoms with E-state index in [1.54, 1.807) is 30.3 Å². The van der Waals surface area contributed by atoms with Gasteiger partial charge in [-0.15, -0.1) is 0 Å². The average Bonchev–Trinajstić information content (AvgIpc) is 2.68. The van der Waals surface area contributed by atoms with Crippen LogP contribution in [0.4, 0.5) is 4.39 Å². The molecule has 3 aromatic carbocycles. The highest BCUT2D eigenvalue weighted by molar-refractivity contribution is 7.90. The summed E-state index contributed by atoms with van der Waals surface area (Å²) in [5, 5.41) is 11.2. The van der Waals surface area contributed by atoms with Crippen LogP contribution >= 0.6 is 23.2 Å². The molecule has 0 spiro atoms. The van der Waals surface area contributed by atoms with Gasteiger partial charge in [0.2, 0.25) is 0 Å². The molecule has 3 rings (SSSR count). The predicted molar refractivity (Wildman–Crippen MR) is 113 cm³/mol. The Bertz CT molecular complexity index is 1170. The van der Waals surface area contributed by atoms with Crippen molar-refractivity contribution in [1.82, 2.24) is 0 Å². The van der Waals surface area contributed by atoms with Gasteiger partial charge in [0.25, 0.3) is 0 Å². The lowest BCUT2D eigenvalue weighted by Crippen LogP contribution is -2.20. The molecule has 152 valence electrons. The molecule has 4 nitrogen and oxygen atoms in total. The number of rotatable bonds is 5. The Balaban J connectivity index is 1.92. The third-order valence-electron chi connectivity index (χ3n) is 4.58. The van der Waals surface area contributed by atoms with Gasteiger partial charge in [-0.3, -0.25) is 0 Å². The van der Waals surface area contributed by atoms with Crippen molar-refractivity contribution < 1.29 is 17.9 Å². The van der Waals surface area contributed by atoms with E-state index >= 15 is 0 Å². The Morgan fingerprint density at radius 1 is 0.966 bits per heavy atom. The molecule has 0 unspecified atom stereocenters. The Labute approximate surface area is 178 Å². The van der Waals surface area contributed by atoms with Crippen LogP contribution in [0.1, 0.15) is 23.3 Å². The molecular formula is C21H18Cl2FNO3S. The van der Waals surface area contributed by atoms with Crippen LogP contribution < -0.4 is 5.73 Å². The summed E-state index contributed by atoms with van der Waals surface area (Å²) in [5.41, 5.74) is 7.64. The Kier molecular flexibility index (Phi) is 6.31. The van der Waals surface area contributed by atoms with Gasteiger partial charge in [0.15, 0.2) is 9.84 Å². The molecule has 0 aliphatic rings. The number of halogens is 3. The number of sulfone groups is 1. The summed E-state index contributed by atoms with van der Waals surface area (Å²) in [7, 11) is -3.38. The molecule has 29 heavy (non-hydrogen) atoms. The maximum absolute atomic E-state index is 14.8. The fraction of sp³-hybridized carbons (Fsp3) is 0.143. The first kappa shape index (κ1) is 21.7. The zero-order valence-corrected chi connectivity index (χ0v) is 17.6. The number of aliphatic hydroxyl groups is 1. The van der Waals surface area contributed by atoms with Gasteiger partial charge in [0.1, 0.15) is 11.9 Å². The highest BCUT2D eigenvalue weighted by Crippen LogP contribution is 2.33. The Hall–Kier alpha value is -1.96. The van der Waals surface area contributed by atoms with Gasteiger partial charge in [0.05, 0.1) is 21.0 Å². The van der Waals surface area contributed by atoms with Gasteiger partial charge in [-0.25, -0.2) is 12.8 Å². The highest BCUT2D eigenvalue weighted by atomic mass is 35.5. The smallest absolute Gasteiger partial charge is 0.175 e. The average molecular weight is 454 g/mol. The molecule has 0 aromatic heterocycles. The normalized spacial score (nSPS) is 13.9. The van der Waals surface area contributed by atoms with Crippen LogP contribution in [0.2, 0.25) is 10.0 Å². The minimum atomic E-state index is -3.38. The number of hydrogen-bond donors (Lipinski definition) is 2. The van der Waals surface area contributed by atoms with E-state index in [1.807, 2.05) is 0 Å². The molecule has 0 amide bonds. The van der Waals surface area contributed by atoms with Crippen molar-refractivity contribution in [3.05, 3.63) is 87.7 Å². The second kappa shape index (κ2) is 8.42. The lowest BCUT2D eigenvalue weighted by atomic mass is 9.94. The van der Waals surface area contributed by atoms with Gasteiger partial charge >= 0.3 is 0 Å². The monoisotopic (exact) mass is 453 g/mol. The molecule has 0 aliphatic heterocycles. The molecule has 0 radical (unpaired) electrons. The second-order valence-electron chi connectivity index (χ2n) is 6.68. The minimum Gasteiger partial charge on any atom is -0.386 e. The third kappa shape index (κ3) is 4.79. The van der Waals surface area contributed by atoms with Gasteiger partial charge < -0.3 is 10.8 Å². The molecule has 2 atom stereocenters. The van der Waals surface area contributed by atoms with Crippen LogP contribution in [0.3, 0.4) is 0 Å². The maximum Gasteiger partial charge on any atom is 0.175 e. The second-order valence-corrected chi connectivity index (χ2v) is 9.51. The molecule has 0 aliphatic carbocycles. The summed E-state index contributed by atoms with van der Waals surface area (Å²) in [6.07, 6.45) is -0.208. The van der Waals surface area contributed by atoms with E-state index in [1.165, 1.54) is 30.3 Å². The molecule has 0 fully saturated rings. The number of benzene rings is 3. The molecule has 0 saturated heterocycles. The van der Waals surface area contributed by atoms with Crippen molar-refractivity contribution in [3.63, 3.8) is 0 Å². The lowest BCUT2D eigenvalue weighted by molar-refractivity contribution is 0.142. The van der Waals surface area contributed by atoms with Crippen molar-refractivity contribution in [2.24, 2.45) is 5.73 Å². The molecule has 3 aromatic rings. The van der Waals surface area contributed by atoms with Crippen molar-refractivity contribution in [2.45, 2.75) is 17.0 Å². The topological polar surface area (TPSA) is 80.4 Å². The molecule has 8 heteroatoms. The quantitative estimate of drug-likeness (QED) is 0.573. The summed E-state index contributed by atoms with van der Waals surface area (Å²) >= 11 is 11.9. The largest absolute Gasteiger partial charge is 0.386 e. The predicted octanol–water partition coefficient (Wildman–Crippen LogP) is 4.94. The standard InChI is InChI=1S/C21H18Cl2FNO3S/c1-29(27,28)15-4-2-3-12(9-15)13-5-7-16(19(24)11-13)21(26)20(25)14-6-8-17(22)18(23)10-14/h2-11,20-21,26H,25H2,1H3/t20-,21+/m1/s1. The van der Waals surface area contributed by atoms with E-state index in [0.717, 1.165) is 6.26 Å². The van der Waals surface area contributed by atoms with Crippen LogP contribution in [0.25, 0.3) is 11.1 Å². The first-order chi connectivity index (χ1) is 13.6. The van der Waals surface area contributed by atoms with Gasteiger partial charge in [-0.05, 0) is 47.0 Å². The molecule has 0 saturated carbocycles.